The molecule has 6 nitrogen and oxygen atoms in total. The second kappa shape index (κ2) is 12.7. The molecular formula is C19H28IN5OS. The molecule has 0 fully saturated rings. The number of hydrogen-bond donors (Lipinski definition) is 3. The van der Waals surface area contributed by atoms with E-state index in [1.54, 1.807) is 18.4 Å². The molecule has 1 amide bonds. The van der Waals surface area contributed by atoms with Crippen LogP contribution in [0.1, 0.15) is 27.6 Å². The average molecular weight is 501 g/mol. The molecule has 0 aliphatic rings. The van der Waals surface area contributed by atoms with Crippen molar-refractivity contribution in [2.75, 3.05) is 20.1 Å². The van der Waals surface area contributed by atoms with Crippen LogP contribution in [0.4, 0.5) is 0 Å². The smallest absolute Gasteiger partial charge is 0.222 e. The molecule has 0 atom stereocenters. The highest BCUT2D eigenvalue weighted by atomic mass is 127. The zero-order valence-corrected chi connectivity index (χ0v) is 19.2. The number of aromatic nitrogens is 1. The van der Waals surface area contributed by atoms with Crippen LogP contribution in [0.3, 0.4) is 0 Å². The quantitative estimate of drug-likeness (QED) is 0.296. The molecule has 0 saturated carbocycles. The van der Waals surface area contributed by atoms with Crippen LogP contribution < -0.4 is 16.0 Å². The van der Waals surface area contributed by atoms with Gasteiger partial charge in [0.2, 0.25) is 5.91 Å². The van der Waals surface area contributed by atoms with Crippen molar-refractivity contribution in [1.29, 1.82) is 0 Å². The summed E-state index contributed by atoms with van der Waals surface area (Å²) in [7, 11) is 1.72. The monoisotopic (exact) mass is 501 g/mol. The normalized spacial score (nSPS) is 10.9. The van der Waals surface area contributed by atoms with E-state index in [-0.39, 0.29) is 29.9 Å². The van der Waals surface area contributed by atoms with E-state index in [1.165, 1.54) is 4.88 Å². The molecule has 0 spiro atoms. The van der Waals surface area contributed by atoms with Gasteiger partial charge in [-0.1, -0.05) is 30.3 Å². The maximum atomic E-state index is 11.9. The summed E-state index contributed by atoms with van der Waals surface area (Å²) >= 11 is 1.73. The standard InChI is InChI=1S/C19H27N5OS.HI/c1-14-15(2)26-18(24-14)10-12-22-19(20-3)21-11-9-17(25)23-13-16-7-5-4-6-8-16;/h4-8H,9-13H2,1-3H3,(H,23,25)(H2,20,21,22);1H. The Kier molecular flexibility index (Phi) is 11.0. The molecule has 0 bridgehead atoms. The van der Waals surface area contributed by atoms with Crippen molar-refractivity contribution in [3.05, 3.63) is 51.5 Å². The van der Waals surface area contributed by atoms with Gasteiger partial charge in [-0.2, -0.15) is 0 Å². The Labute approximate surface area is 182 Å². The first-order valence-corrected chi connectivity index (χ1v) is 9.58. The van der Waals surface area contributed by atoms with Crippen LogP contribution in [0, 0.1) is 13.8 Å². The third-order valence-electron chi connectivity index (χ3n) is 3.90. The minimum Gasteiger partial charge on any atom is -0.356 e. The molecule has 2 aromatic rings. The Morgan fingerprint density at radius 1 is 1.11 bits per heavy atom. The Bertz CT molecular complexity index is 713. The van der Waals surface area contributed by atoms with Crippen molar-refractivity contribution in [1.82, 2.24) is 20.9 Å². The highest BCUT2D eigenvalue weighted by molar-refractivity contribution is 14.0. The number of thiazole rings is 1. The van der Waals surface area contributed by atoms with Crippen molar-refractivity contribution in [3.8, 4) is 0 Å². The van der Waals surface area contributed by atoms with Gasteiger partial charge >= 0.3 is 0 Å². The van der Waals surface area contributed by atoms with Crippen LogP contribution in [0.15, 0.2) is 35.3 Å². The minimum absolute atomic E-state index is 0. The van der Waals surface area contributed by atoms with E-state index in [0.29, 0.717) is 25.5 Å². The number of aliphatic imine (C=N–C) groups is 1. The highest BCUT2D eigenvalue weighted by Crippen LogP contribution is 2.16. The molecule has 1 aromatic heterocycles. The molecule has 2 rings (SSSR count). The van der Waals surface area contributed by atoms with Crippen molar-refractivity contribution in [2.24, 2.45) is 4.99 Å². The molecule has 8 heteroatoms. The number of guanidine groups is 1. The van der Waals surface area contributed by atoms with Crippen molar-refractivity contribution in [2.45, 2.75) is 33.2 Å². The van der Waals surface area contributed by atoms with E-state index in [4.69, 9.17) is 0 Å². The largest absolute Gasteiger partial charge is 0.356 e. The second-order valence-electron chi connectivity index (χ2n) is 5.94. The van der Waals surface area contributed by atoms with Gasteiger partial charge in [0.25, 0.3) is 0 Å². The number of carbonyl (C=O) groups is 1. The fourth-order valence-electron chi connectivity index (χ4n) is 2.33. The number of amides is 1. The van der Waals surface area contributed by atoms with E-state index in [0.717, 1.165) is 29.2 Å². The first kappa shape index (κ1) is 23.4. The van der Waals surface area contributed by atoms with E-state index >= 15 is 0 Å². The third-order valence-corrected chi connectivity index (χ3v) is 5.04. The summed E-state index contributed by atoms with van der Waals surface area (Å²) < 4.78 is 0. The first-order chi connectivity index (χ1) is 12.6. The molecule has 0 aliphatic carbocycles. The number of nitrogens with one attached hydrogen (secondary N) is 3. The maximum absolute atomic E-state index is 11.9. The van der Waals surface area contributed by atoms with Crippen molar-refractivity contribution < 1.29 is 4.79 Å². The maximum Gasteiger partial charge on any atom is 0.222 e. The Hall–Kier alpha value is -1.68. The number of rotatable bonds is 8. The summed E-state index contributed by atoms with van der Waals surface area (Å²) in [5, 5.41) is 10.5. The zero-order valence-electron chi connectivity index (χ0n) is 16.0. The fraction of sp³-hybridized carbons (Fsp3) is 0.421. The van der Waals surface area contributed by atoms with Crippen LogP contribution in [0.25, 0.3) is 0 Å². The average Bonchev–Trinajstić information content (AvgIpc) is 2.97. The first-order valence-electron chi connectivity index (χ1n) is 8.76. The van der Waals surface area contributed by atoms with Gasteiger partial charge < -0.3 is 16.0 Å². The number of hydrogen-bond acceptors (Lipinski definition) is 4. The summed E-state index contributed by atoms with van der Waals surface area (Å²) in [4.78, 5) is 21.9. The predicted octanol–water partition coefficient (Wildman–Crippen LogP) is 2.79. The lowest BCUT2D eigenvalue weighted by Gasteiger charge is -2.11. The molecule has 0 unspecified atom stereocenters. The van der Waals surface area contributed by atoms with Gasteiger partial charge in [-0.15, -0.1) is 35.3 Å². The van der Waals surface area contributed by atoms with Gasteiger partial charge in [0, 0.05) is 44.4 Å². The van der Waals surface area contributed by atoms with E-state index in [9.17, 15) is 4.79 Å². The van der Waals surface area contributed by atoms with E-state index in [1.807, 2.05) is 37.3 Å². The number of aryl methyl sites for hydroxylation is 2. The highest BCUT2D eigenvalue weighted by Gasteiger charge is 2.05. The van der Waals surface area contributed by atoms with Crippen molar-refractivity contribution in [3.63, 3.8) is 0 Å². The van der Waals surface area contributed by atoms with Crippen LogP contribution >= 0.6 is 35.3 Å². The zero-order chi connectivity index (χ0) is 18.8. The lowest BCUT2D eigenvalue weighted by atomic mass is 10.2. The van der Waals surface area contributed by atoms with Crippen LogP contribution in [0.5, 0.6) is 0 Å². The molecule has 0 saturated heterocycles. The minimum atomic E-state index is 0. The molecule has 148 valence electrons. The Morgan fingerprint density at radius 3 is 2.44 bits per heavy atom. The molecule has 1 heterocycles. The van der Waals surface area contributed by atoms with Crippen LogP contribution in [-0.4, -0.2) is 37.0 Å². The SMILES string of the molecule is CN=C(NCCC(=O)NCc1ccccc1)NCCc1nc(C)c(C)s1.I. The van der Waals surface area contributed by atoms with Gasteiger partial charge in [-0.05, 0) is 19.4 Å². The van der Waals surface area contributed by atoms with Crippen molar-refractivity contribution >= 4 is 47.2 Å². The topological polar surface area (TPSA) is 78.4 Å². The summed E-state index contributed by atoms with van der Waals surface area (Å²) in [6, 6.07) is 9.89. The number of nitrogens with zero attached hydrogens (tertiary/aromatic N) is 2. The second-order valence-corrected chi connectivity index (χ2v) is 7.23. The molecule has 0 aliphatic heterocycles. The summed E-state index contributed by atoms with van der Waals surface area (Å²) in [5.41, 5.74) is 2.20. The van der Waals surface area contributed by atoms with Gasteiger partial charge in [0.15, 0.2) is 5.96 Å². The lowest BCUT2D eigenvalue weighted by Crippen LogP contribution is -2.40. The van der Waals surface area contributed by atoms with Crippen LogP contribution in [-0.2, 0) is 17.8 Å². The predicted molar refractivity (Wildman–Crippen MR) is 123 cm³/mol. The molecule has 0 radical (unpaired) electrons. The summed E-state index contributed by atoms with van der Waals surface area (Å²) in [6.45, 7) is 5.97. The number of carbonyl (C=O) groups excluding carboxylic acids is 1. The summed E-state index contributed by atoms with van der Waals surface area (Å²) in [5.74, 6) is 0.719. The van der Waals surface area contributed by atoms with Gasteiger partial charge in [-0.25, -0.2) is 4.98 Å². The molecule has 27 heavy (non-hydrogen) atoms. The third kappa shape index (κ3) is 8.70. The lowest BCUT2D eigenvalue weighted by molar-refractivity contribution is -0.121. The Balaban J connectivity index is 0.00000364. The number of halogens is 1. The fourth-order valence-corrected chi connectivity index (χ4v) is 3.27. The van der Waals surface area contributed by atoms with E-state index in [2.05, 4.69) is 32.9 Å². The van der Waals surface area contributed by atoms with E-state index < -0.39 is 0 Å². The molecular weight excluding hydrogens is 473 g/mol. The number of benzene rings is 1. The van der Waals surface area contributed by atoms with Gasteiger partial charge in [0.1, 0.15) is 0 Å². The van der Waals surface area contributed by atoms with Gasteiger partial charge in [0.05, 0.1) is 10.7 Å². The van der Waals surface area contributed by atoms with Crippen LogP contribution in [0.2, 0.25) is 0 Å². The summed E-state index contributed by atoms with van der Waals surface area (Å²) in [6.07, 6.45) is 1.26. The van der Waals surface area contributed by atoms with Gasteiger partial charge in [-0.3, -0.25) is 9.79 Å². The Morgan fingerprint density at radius 2 is 1.81 bits per heavy atom. The molecule has 3 N–H and O–H groups in total. The molecule has 1 aromatic carbocycles.